The molecule has 2 N–H and O–H groups in total. The summed E-state index contributed by atoms with van der Waals surface area (Å²) in [7, 11) is 3.36. The van der Waals surface area contributed by atoms with Crippen LogP contribution in [-0.2, 0) is 0 Å². The Bertz CT molecular complexity index is 495. The fraction of sp³-hybridized carbons (Fsp3) is 0.588. The summed E-state index contributed by atoms with van der Waals surface area (Å²) < 4.78 is 10.7. The number of hydrogen-bond donors (Lipinski definition) is 1. The third-order valence-electron chi connectivity index (χ3n) is 3.71. The Morgan fingerprint density at radius 2 is 1.96 bits per heavy atom. The zero-order valence-corrected chi connectivity index (χ0v) is 15.5. The third kappa shape index (κ3) is 6.28. The van der Waals surface area contributed by atoms with E-state index >= 15 is 0 Å². The van der Waals surface area contributed by atoms with Crippen LogP contribution < -0.4 is 15.2 Å². The Morgan fingerprint density at radius 1 is 1.30 bits per heavy atom. The SMILES string of the molecule is CCOc1ccc(C(=O)N(C)CCC(N)C(C)C)cc1OC.Cl. The minimum Gasteiger partial charge on any atom is -0.493 e. The molecule has 0 aliphatic carbocycles. The highest BCUT2D eigenvalue weighted by Gasteiger charge is 2.16. The average molecular weight is 345 g/mol. The van der Waals surface area contributed by atoms with Crippen LogP contribution in [-0.4, -0.2) is 44.2 Å². The first kappa shape index (κ1) is 21.5. The van der Waals surface area contributed by atoms with Crippen molar-refractivity contribution in [3.8, 4) is 11.5 Å². The number of nitrogens with two attached hydrogens (primary N) is 1. The maximum absolute atomic E-state index is 12.5. The van der Waals surface area contributed by atoms with Crippen LogP contribution in [0.3, 0.4) is 0 Å². The van der Waals surface area contributed by atoms with Crippen molar-refractivity contribution < 1.29 is 14.3 Å². The standard InChI is InChI=1S/C17H28N2O3.ClH/c1-6-22-15-8-7-13(11-16(15)21-5)17(20)19(4)10-9-14(18)12(2)3;/h7-8,11-12,14H,6,9-10,18H2,1-5H3;1H. The maximum atomic E-state index is 12.5. The molecule has 0 spiro atoms. The van der Waals surface area contributed by atoms with Gasteiger partial charge < -0.3 is 20.1 Å². The van der Waals surface area contributed by atoms with Gasteiger partial charge in [-0.3, -0.25) is 4.79 Å². The zero-order valence-electron chi connectivity index (χ0n) is 14.7. The Morgan fingerprint density at radius 3 is 2.48 bits per heavy atom. The van der Waals surface area contributed by atoms with E-state index in [1.807, 2.05) is 6.92 Å². The van der Waals surface area contributed by atoms with Crippen LogP contribution in [0.1, 0.15) is 37.6 Å². The van der Waals surface area contributed by atoms with Crippen molar-refractivity contribution in [3.63, 3.8) is 0 Å². The van der Waals surface area contributed by atoms with Gasteiger partial charge in [-0.1, -0.05) is 13.8 Å². The van der Waals surface area contributed by atoms with Gasteiger partial charge in [-0.15, -0.1) is 12.4 Å². The van der Waals surface area contributed by atoms with Crippen LogP contribution in [0.15, 0.2) is 18.2 Å². The molecule has 0 aliphatic heterocycles. The van der Waals surface area contributed by atoms with E-state index in [1.54, 1.807) is 37.3 Å². The predicted molar refractivity (Wildman–Crippen MR) is 95.8 cm³/mol. The Hall–Kier alpha value is -1.46. The molecule has 0 saturated carbocycles. The predicted octanol–water partition coefficient (Wildman–Crippen LogP) is 2.96. The molecule has 0 fully saturated rings. The molecule has 5 nitrogen and oxygen atoms in total. The van der Waals surface area contributed by atoms with Crippen molar-refractivity contribution >= 4 is 18.3 Å². The van der Waals surface area contributed by atoms with Gasteiger partial charge in [0.2, 0.25) is 0 Å². The number of carbonyl (C=O) groups is 1. The zero-order chi connectivity index (χ0) is 16.7. The second-order valence-corrected chi connectivity index (χ2v) is 5.72. The molecule has 6 heteroatoms. The van der Waals surface area contributed by atoms with Gasteiger partial charge in [0.25, 0.3) is 5.91 Å². The molecule has 0 heterocycles. The molecular weight excluding hydrogens is 316 g/mol. The molecule has 1 unspecified atom stereocenters. The van der Waals surface area contributed by atoms with Crippen LogP contribution in [0.2, 0.25) is 0 Å². The Kier molecular flexibility index (Phi) is 9.68. The summed E-state index contributed by atoms with van der Waals surface area (Å²) in [6.45, 7) is 7.27. The van der Waals surface area contributed by atoms with E-state index < -0.39 is 0 Å². The van der Waals surface area contributed by atoms with E-state index in [2.05, 4.69) is 13.8 Å². The molecule has 0 bridgehead atoms. The lowest BCUT2D eigenvalue weighted by Gasteiger charge is -2.22. The van der Waals surface area contributed by atoms with Gasteiger partial charge in [0.15, 0.2) is 11.5 Å². The maximum Gasteiger partial charge on any atom is 0.253 e. The largest absolute Gasteiger partial charge is 0.493 e. The van der Waals surface area contributed by atoms with Gasteiger partial charge in [-0.25, -0.2) is 0 Å². The van der Waals surface area contributed by atoms with Gasteiger partial charge in [0.1, 0.15) is 0 Å². The first-order valence-electron chi connectivity index (χ1n) is 7.72. The summed E-state index contributed by atoms with van der Waals surface area (Å²) >= 11 is 0. The number of nitrogens with zero attached hydrogens (tertiary/aromatic N) is 1. The number of carbonyl (C=O) groups excluding carboxylic acids is 1. The van der Waals surface area contributed by atoms with E-state index in [9.17, 15) is 4.79 Å². The summed E-state index contributed by atoms with van der Waals surface area (Å²) in [5.41, 5.74) is 6.61. The fourth-order valence-electron chi connectivity index (χ4n) is 2.07. The van der Waals surface area contributed by atoms with Gasteiger partial charge in [-0.2, -0.15) is 0 Å². The number of benzene rings is 1. The van der Waals surface area contributed by atoms with Crippen LogP contribution in [0, 0.1) is 5.92 Å². The summed E-state index contributed by atoms with van der Waals surface area (Å²) in [4.78, 5) is 14.1. The van der Waals surface area contributed by atoms with Gasteiger partial charge >= 0.3 is 0 Å². The summed E-state index contributed by atoms with van der Waals surface area (Å²) in [5, 5.41) is 0. The van der Waals surface area contributed by atoms with E-state index in [1.165, 1.54) is 0 Å². The second-order valence-electron chi connectivity index (χ2n) is 5.72. The van der Waals surface area contributed by atoms with Gasteiger partial charge in [0.05, 0.1) is 13.7 Å². The van der Waals surface area contributed by atoms with E-state index in [-0.39, 0.29) is 24.4 Å². The van der Waals surface area contributed by atoms with E-state index in [0.717, 1.165) is 6.42 Å². The summed E-state index contributed by atoms with van der Waals surface area (Å²) in [6.07, 6.45) is 0.786. The highest BCUT2D eigenvalue weighted by Crippen LogP contribution is 2.28. The number of methoxy groups -OCH3 is 1. The molecule has 1 aromatic carbocycles. The van der Waals surface area contributed by atoms with Crippen LogP contribution in [0.5, 0.6) is 11.5 Å². The molecule has 1 aromatic rings. The van der Waals surface area contributed by atoms with Crippen molar-refractivity contribution in [2.45, 2.75) is 33.2 Å². The molecule has 132 valence electrons. The second kappa shape index (κ2) is 10.3. The number of hydrogen-bond acceptors (Lipinski definition) is 4. The number of rotatable bonds is 8. The smallest absolute Gasteiger partial charge is 0.253 e. The molecule has 0 saturated heterocycles. The number of amides is 1. The van der Waals surface area contributed by atoms with Crippen molar-refractivity contribution in [2.24, 2.45) is 11.7 Å². The van der Waals surface area contributed by atoms with Crippen molar-refractivity contribution in [1.29, 1.82) is 0 Å². The molecule has 0 aliphatic rings. The molecule has 0 aromatic heterocycles. The molecule has 1 atom stereocenters. The lowest BCUT2D eigenvalue weighted by atomic mass is 10.0. The lowest BCUT2D eigenvalue weighted by molar-refractivity contribution is 0.0788. The van der Waals surface area contributed by atoms with Gasteiger partial charge in [-0.05, 0) is 37.5 Å². The topological polar surface area (TPSA) is 64.8 Å². The van der Waals surface area contributed by atoms with Crippen LogP contribution >= 0.6 is 12.4 Å². The van der Waals surface area contributed by atoms with Crippen molar-refractivity contribution in [1.82, 2.24) is 4.90 Å². The van der Waals surface area contributed by atoms with Crippen molar-refractivity contribution in [2.75, 3.05) is 27.3 Å². The molecule has 1 amide bonds. The summed E-state index contributed by atoms with van der Waals surface area (Å²) in [5.74, 6) is 1.58. The van der Waals surface area contributed by atoms with E-state index in [0.29, 0.717) is 36.1 Å². The highest BCUT2D eigenvalue weighted by molar-refractivity contribution is 5.94. The quantitative estimate of drug-likeness (QED) is 0.787. The lowest BCUT2D eigenvalue weighted by Crippen LogP contribution is -2.34. The molecule has 23 heavy (non-hydrogen) atoms. The average Bonchev–Trinajstić information content (AvgIpc) is 2.51. The normalized spacial score (nSPS) is 11.6. The third-order valence-corrected chi connectivity index (χ3v) is 3.71. The minimum atomic E-state index is -0.0442. The van der Waals surface area contributed by atoms with Crippen LogP contribution in [0.4, 0.5) is 0 Å². The van der Waals surface area contributed by atoms with Gasteiger partial charge in [0, 0.05) is 25.2 Å². The first-order chi connectivity index (χ1) is 10.4. The molecule has 0 radical (unpaired) electrons. The summed E-state index contributed by atoms with van der Waals surface area (Å²) in [6, 6.07) is 5.34. The number of halogens is 1. The van der Waals surface area contributed by atoms with Crippen LogP contribution in [0.25, 0.3) is 0 Å². The highest BCUT2D eigenvalue weighted by atomic mass is 35.5. The Balaban J connectivity index is 0.00000484. The number of ether oxygens (including phenoxy) is 2. The monoisotopic (exact) mass is 344 g/mol. The van der Waals surface area contributed by atoms with Crippen molar-refractivity contribution in [3.05, 3.63) is 23.8 Å². The molecular formula is C17H29ClN2O3. The first-order valence-corrected chi connectivity index (χ1v) is 7.72. The molecule has 1 rings (SSSR count). The Labute approximate surface area is 145 Å². The minimum absolute atomic E-state index is 0. The van der Waals surface area contributed by atoms with E-state index in [4.69, 9.17) is 15.2 Å². The fourth-order valence-corrected chi connectivity index (χ4v) is 2.07.